The first-order valence-electron chi connectivity index (χ1n) is 11.1. The van der Waals surface area contributed by atoms with Gasteiger partial charge in [-0.15, -0.1) is 0 Å². The summed E-state index contributed by atoms with van der Waals surface area (Å²) in [5.41, 5.74) is 2.37. The van der Waals surface area contributed by atoms with Crippen molar-refractivity contribution in [1.29, 1.82) is 0 Å². The number of carbonyl (C=O) groups is 1. The molecule has 0 aliphatic carbocycles. The van der Waals surface area contributed by atoms with Crippen LogP contribution in [0.15, 0.2) is 79.0 Å². The molecule has 0 spiro atoms. The van der Waals surface area contributed by atoms with Crippen molar-refractivity contribution < 1.29 is 15.0 Å². The van der Waals surface area contributed by atoms with Crippen LogP contribution in [0, 0.1) is 0 Å². The Morgan fingerprint density at radius 3 is 2.53 bits per heavy atom. The number of nitrogens with one attached hydrogen (secondary N) is 1. The van der Waals surface area contributed by atoms with Gasteiger partial charge in [-0.2, -0.15) is 0 Å². The molecule has 3 N–H and O–H groups in total. The van der Waals surface area contributed by atoms with Crippen LogP contribution in [0.2, 0.25) is 5.02 Å². The Morgan fingerprint density at radius 1 is 1.00 bits per heavy atom. The van der Waals surface area contributed by atoms with Gasteiger partial charge in [-0.3, -0.25) is 9.78 Å². The molecule has 0 unspecified atom stereocenters. The Balaban J connectivity index is 1.35. The molecule has 0 atom stereocenters. The maximum absolute atomic E-state index is 13.3. The Labute approximate surface area is 202 Å². The van der Waals surface area contributed by atoms with Crippen LogP contribution >= 0.6 is 11.6 Å². The van der Waals surface area contributed by atoms with Crippen LogP contribution in [-0.4, -0.2) is 39.1 Å². The van der Waals surface area contributed by atoms with Gasteiger partial charge < -0.3 is 20.4 Å². The number of carbonyl (C=O) groups excluding carboxylic acids is 1. The normalized spacial score (nSPS) is 15.3. The number of aromatic nitrogens is 1. The topological polar surface area (TPSA) is 85.7 Å². The summed E-state index contributed by atoms with van der Waals surface area (Å²) in [6.45, 7) is 0.800. The molecule has 1 aromatic heterocycles. The zero-order chi connectivity index (χ0) is 23.7. The summed E-state index contributed by atoms with van der Waals surface area (Å²) >= 11 is 6.08. The highest BCUT2D eigenvalue weighted by Gasteiger charge is 2.36. The van der Waals surface area contributed by atoms with Gasteiger partial charge in [-0.05, 0) is 60.9 Å². The number of hydrogen-bond acceptors (Lipinski definition) is 5. The number of anilines is 2. The number of rotatable bonds is 4. The monoisotopic (exact) mass is 473 g/mol. The Morgan fingerprint density at radius 2 is 1.76 bits per heavy atom. The second-order valence-corrected chi connectivity index (χ2v) is 9.00. The van der Waals surface area contributed by atoms with E-state index in [-0.39, 0.29) is 17.2 Å². The number of fused-ring (bicyclic) bond motifs is 1. The molecule has 5 rings (SSSR count). The number of benzene rings is 3. The molecule has 0 radical (unpaired) electrons. The van der Waals surface area contributed by atoms with E-state index in [2.05, 4.69) is 10.3 Å². The quantitative estimate of drug-likeness (QED) is 0.342. The lowest BCUT2D eigenvalue weighted by molar-refractivity contribution is -0.0211. The lowest BCUT2D eigenvalue weighted by Crippen LogP contribution is -2.45. The van der Waals surface area contributed by atoms with Gasteiger partial charge in [0.15, 0.2) is 0 Å². The summed E-state index contributed by atoms with van der Waals surface area (Å²) in [4.78, 5) is 19.3. The smallest absolute Gasteiger partial charge is 0.257 e. The highest BCUT2D eigenvalue weighted by atomic mass is 35.5. The first-order valence-corrected chi connectivity index (χ1v) is 11.5. The lowest BCUT2D eigenvalue weighted by Gasteiger charge is -2.38. The molecule has 3 aromatic carbocycles. The van der Waals surface area contributed by atoms with Gasteiger partial charge in [0.25, 0.3) is 5.91 Å². The third kappa shape index (κ3) is 4.30. The minimum Gasteiger partial charge on any atom is -0.507 e. The molecule has 1 aliphatic heterocycles. The molecule has 1 fully saturated rings. The first kappa shape index (κ1) is 22.2. The number of amides is 1. The highest BCUT2D eigenvalue weighted by molar-refractivity contribution is 6.31. The SMILES string of the molecule is O=C(c1cc(Nc2ccnc3cc(Cl)ccc23)ccc1O)N1CCC(O)(c2ccccc2)CC1. The predicted molar refractivity (Wildman–Crippen MR) is 134 cm³/mol. The van der Waals surface area contributed by atoms with E-state index in [9.17, 15) is 15.0 Å². The van der Waals surface area contributed by atoms with Crippen molar-refractivity contribution in [1.82, 2.24) is 9.88 Å². The highest BCUT2D eigenvalue weighted by Crippen LogP contribution is 2.34. The van der Waals surface area contributed by atoms with Gasteiger partial charge >= 0.3 is 0 Å². The fraction of sp³-hybridized carbons (Fsp3) is 0.185. The number of pyridine rings is 1. The molecule has 1 amide bonds. The number of phenolic OH excluding ortho intramolecular Hbond substituents is 1. The van der Waals surface area contributed by atoms with E-state index in [4.69, 9.17) is 11.6 Å². The van der Waals surface area contributed by atoms with Crippen molar-refractivity contribution in [3.05, 3.63) is 95.1 Å². The van der Waals surface area contributed by atoms with E-state index >= 15 is 0 Å². The van der Waals surface area contributed by atoms with E-state index in [0.717, 1.165) is 22.2 Å². The van der Waals surface area contributed by atoms with E-state index in [1.807, 2.05) is 42.5 Å². The van der Waals surface area contributed by atoms with Gasteiger partial charge in [-0.1, -0.05) is 41.9 Å². The number of phenols is 1. The first-order chi connectivity index (χ1) is 16.4. The molecule has 2 heterocycles. The lowest BCUT2D eigenvalue weighted by atomic mass is 9.84. The molecule has 4 aromatic rings. The molecule has 34 heavy (non-hydrogen) atoms. The molecule has 172 valence electrons. The van der Waals surface area contributed by atoms with Gasteiger partial charge in [0.05, 0.1) is 16.7 Å². The summed E-state index contributed by atoms with van der Waals surface area (Å²) in [6, 6.07) is 21.8. The maximum atomic E-state index is 13.3. The zero-order valence-electron chi connectivity index (χ0n) is 18.4. The van der Waals surface area contributed by atoms with Crippen molar-refractivity contribution in [2.75, 3.05) is 18.4 Å². The zero-order valence-corrected chi connectivity index (χ0v) is 19.2. The number of piperidine rings is 1. The van der Waals surface area contributed by atoms with Gasteiger partial charge in [0.2, 0.25) is 0 Å². The second kappa shape index (κ2) is 8.97. The number of nitrogens with zero attached hydrogens (tertiary/aromatic N) is 2. The average molecular weight is 474 g/mol. The number of aliphatic hydroxyl groups is 1. The fourth-order valence-electron chi connectivity index (χ4n) is 4.46. The minimum absolute atomic E-state index is 0.0780. The van der Waals surface area contributed by atoms with E-state index in [1.54, 1.807) is 35.4 Å². The van der Waals surface area contributed by atoms with Crippen LogP contribution in [0.25, 0.3) is 10.9 Å². The number of hydrogen-bond donors (Lipinski definition) is 3. The van der Waals surface area contributed by atoms with Crippen LogP contribution in [0.5, 0.6) is 5.75 Å². The summed E-state index contributed by atoms with van der Waals surface area (Å²) < 4.78 is 0. The molecule has 0 saturated carbocycles. The van der Waals surface area contributed by atoms with Crippen molar-refractivity contribution in [3.8, 4) is 5.75 Å². The largest absolute Gasteiger partial charge is 0.507 e. The Bertz CT molecular complexity index is 1350. The van der Waals surface area contributed by atoms with Crippen LogP contribution in [0.4, 0.5) is 11.4 Å². The summed E-state index contributed by atoms with van der Waals surface area (Å²) in [7, 11) is 0. The van der Waals surface area contributed by atoms with Crippen LogP contribution in [-0.2, 0) is 5.60 Å². The molecule has 1 saturated heterocycles. The van der Waals surface area contributed by atoms with Gasteiger partial charge in [0, 0.05) is 41.1 Å². The molecule has 1 aliphatic rings. The van der Waals surface area contributed by atoms with Crippen LogP contribution in [0.3, 0.4) is 0 Å². The standard InChI is InChI=1S/C27H24ClN3O3/c28-19-6-8-21-23(10-13-29-24(21)16-19)30-20-7-9-25(32)22(17-20)26(33)31-14-11-27(34,12-15-31)18-4-2-1-3-5-18/h1-10,13,16-17,32,34H,11-12,14-15H2,(H,29,30). The number of likely N-dealkylation sites (tertiary alicyclic amines) is 1. The van der Waals surface area contributed by atoms with Crippen LogP contribution < -0.4 is 5.32 Å². The summed E-state index contributed by atoms with van der Waals surface area (Å²) in [6.07, 6.45) is 2.56. The van der Waals surface area contributed by atoms with Crippen molar-refractivity contribution in [3.63, 3.8) is 0 Å². The molecule has 7 heteroatoms. The predicted octanol–water partition coefficient (Wildman–Crippen LogP) is 5.46. The van der Waals surface area contributed by atoms with Crippen molar-refractivity contribution >= 4 is 39.8 Å². The summed E-state index contributed by atoms with van der Waals surface area (Å²) in [5, 5.41) is 26.3. The average Bonchev–Trinajstić information content (AvgIpc) is 2.86. The molecule has 6 nitrogen and oxygen atoms in total. The molecule has 0 bridgehead atoms. The van der Waals surface area contributed by atoms with E-state index in [1.165, 1.54) is 6.07 Å². The minimum atomic E-state index is -0.950. The van der Waals surface area contributed by atoms with Crippen LogP contribution in [0.1, 0.15) is 28.8 Å². The van der Waals surface area contributed by atoms with Crippen molar-refractivity contribution in [2.45, 2.75) is 18.4 Å². The number of aromatic hydroxyl groups is 1. The molecular formula is C27H24ClN3O3. The maximum Gasteiger partial charge on any atom is 0.257 e. The Kier molecular flexibility index (Phi) is 5.86. The number of halogens is 1. The fourth-order valence-corrected chi connectivity index (χ4v) is 4.62. The van der Waals surface area contributed by atoms with E-state index < -0.39 is 5.60 Å². The Hall–Kier alpha value is -3.61. The second-order valence-electron chi connectivity index (χ2n) is 8.57. The third-order valence-electron chi connectivity index (χ3n) is 6.40. The third-order valence-corrected chi connectivity index (χ3v) is 6.63. The summed E-state index contributed by atoms with van der Waals surface area (Å²) in [5.74, 6) is -0.339. The molecular weight excluding hydrogens is 450 g/mol. The van der Waals surface area contributed by atoms with Gasteiger partial charge in [-0.25, -0.2) is 0 Å². The van der Waals surface area contributed by atoms with E-state index in [0.29, 0.717) is 36.6 Å². The van der Waals surface area contributed by atoms with Crippen molar-refractivity contribution in [2.24, 2.45) is 0 Å². The van der Waals surface area contributed by atoms with Gasteiger partial charge in [0.1, 0.15) is 5.75 Å².